The average Bonchev–Trinajstić information content (AvgIpc) is 2.98. The second kappa shape index (κ2) is 6.89. The summed E-state index contributed by atoms with van der Waals surface area (Å²) in [7, 11) is 0. The minimum Gasteiger partial charge on any atom is -0.387 e. The Bertz CT molecular complexity index is 863. The molecule has 1 unspecified atom stereocenters. The van der Waals surface area contributed by atoms with Crippen LogP contribution >= 0.6 is 34.5 Å². The lowest BCUT2D eigenvalue weighted by Crippen LogP contribution is -2.28. The summed E-state index contributed by atoms with van der Waals surface area (Å²) in [6, 6.07) is 12.5. The molecule has 1 aromatic heterocycles. The Labute approximate surface area is 147 Å². The van der Waals surface area contributed by atoms with Gasteiger partial charge in [0.1, 0.15) is 0 Å². The Morgan fingerprint density at radius 2 is 2.00 bits per heavy atom. The normalized spacial score (nSPS) is 12.3. The molecule has 3 nitrogen and oxygen atoms in total. The largest absolute Gasteiger partial charge is 0.387 e. The van der Waals surface area contributed by atoms with Crippen LogP contribution in [0, 0.1) is 0 Å². The predicted octanol–water partition coefficient (Wildman–Crippen LogP) is 4.67. The van der Waals surface area contributed by atoms with Gasteiger partial charge < -0.3 is 10.4 Å². The highest BCUT2D eigenvalue weighted by Crippen LogP contribution is 2.30. The van der Waals surface area contributed by atoms with Crippen LogP contribution in [-0.4, -0.2) is 17.6 Å². The maximum Gasteiger partial charge on any atom is 0.252 e. The van der Waals surface area contributed by atoms with E-state index in [9.17, 15) is 9.90 Å². The topological polar surface area (TPSA) is 49.3 Å². The zero-order valence-corrected chi connectivity index (χ0v) is 14.3. The lowest BCUT2D eigenvalue weighted by atomic mass is 10.1. The molecule has 0 bridgehead atoms. The Morgan fingerprint density at radius 1 is 1.22 bits per heavy atom. The van der Waals surface area contributed by atoms with Gasteiger partial charge in [0.25, 0.3) is 5.91 Å². The van der Waals surface area contributed by atoms with E-state index in [-0.39, 0.29) is 12.5 Å². The van der Waals surface area contributed by atoms with Gasteiger partial charge in [-0.3, -0.25) is 4.79 Å². The third-order valence-corrected chi connectivity index (χ3v) is 5.05. The zero-order chi connectivity index (χ0) is 16.4. The number of carbonyl (C=O) groups excluding carboxylic acids is 1. The number of hydrogen-bond acceptors (Lipinski definition) is 3. The highest BCUT2D eigenvalue weighted by atomic mass is 35.5. The van der Waals surface area contributed by atoms with Gasteiger partial charge in [-0.1, -0.05) is 41.4 Å². The molecule has 0 spiro atoms. The SMILES string of the molecule is O=C(NCC(O)c1csc2ccccc12)c1cc(Cl)ccc1Cl. The van der Waals surface area contributed by atoms with Gasteiger partial charge in [0.2, 0.25) is 0 Å². The number of nitrogens with one attached hydrogen (secondary N) is 1. The first-order valence-corrected chi connectivity index (χ1v) is 8.57. The van der Waals surface area contributed by atoms with Gasteiger partial charge in [-0.2, -0.15) is 0 Å². The molecular formula is C17H13Cl2NO2S. The summed E-state index contributed by atoms with van der Waals surface area (Å²) in [5, 5.41) is 16.7. The van der Waals surface area contributed by atoms with Crippen molar-refractivity contribution in [3.8, 4) is 0 Å². The summed E-state index contributed by atoms with van der Waals surface area (Å²) in [4.78, 5) is 12.2. The van der Waals surface area contributed by atoms with E-state index in [0.717, 1.165) is 15.6 Å². The summed E-state index contributed by atoms with van der Waals surface area (Å²) in [6.45, 7) is 0.0996. The molecule has 1 atom stereocenters. The Kier molecular flexibility index (Phi) is 4.87. The van der Waals surface area contributed by atoms with Crippen molar-refractivity contribution in [3.63, 3.8) is 0 Å². The van der Waals surface area contributed by atoms with Gasteiger partial charge in [0, 0.05) is 21.8 Å². The first-order valence-electron chi connectivity index (χ1n) is 6.93. The number of hydrogen-bond donors (Lipinski definition) is 2. The molecule has 1 amide bonds. The van der Waals surface area contributed by atoms with E-state index >= 15 is 0 Å². The second-order valence-corrected chi connectivity index (χ2v) is 6.79. The molecule has 0 aliphatic heterocycles. The molecule has 0 saturated carbocycles. The number of rotatable bonds is 4. The number of carbonyl (C=O) groups is 1. The average molecular weight is 366 g/mol. The predicted molar refractivity (Wildman–Crippen MR) is 95.6 cm³/mol. The Hall–Kier alpha value is -1.59. The molecule has 2 N–H and O–H groups in total. The summed E-state index contributed by atoms with van der Waals surface area (Å²) in [6.07, 6.45) is -0.784. The van der Waals surface area contributed by atoms with E-state index in [2.05, 4.69) is 5.32 Å². The summed E-state index contributed by atoms with van der Waals surface area (Å²) < 4.78 is 1.10. The molecule has 0 aliphatic carbocycles. The van der Waals surface area contributed by atoms with Crippen LogP contribution in [0.15, 0.2) is 47.8 Å². The van der Waals surface area contributed by atoms with Crippen LogP contribution in [0.3, 0.4) is 0 Å². The van der Waals surface area contributed by atoms with E-state index in [0.29, 0.717) is 15.6 Å². The molecule has 0 radical (unpaired) electrons. The van der Waals surface area contributed by atoms with Crippen molar-refractivity contribution >= 4 is 50.5 Å². The number of benzene rings is 2. The first-order chi connectivity index (χ1) is 11.1. The molecule has 2 aromatic carbocycles. The quantitative estimate of drug-likeness (QED) is 0.705. The molecule has 0 saturated heterocycles. The smallest absolute Gasteiger partial charge is 0.252 e. The van der Waals surface area contributed by atoms with E-state index in [1.807, 2.05) is 29.6 Å². The lowest BCUT2D eigenvalue weighted by molar-refractivity contribution is 0.0917. The summed E-state index contributed by atoms with van der Waals surface area (Å²) in [5.74, 6) is -0.365. The van der Waals surface area contributed by atoms with Crippen molar-refractivity contribution in [1.29, 1.82) is 0 Å². The molecular weight excluding hydrogens is 353 g/mol. The van der Waals surface area contributed by atoms with Crippen LogP contribution < -0.4 is 5.32 Å². The minimum absolute atomic E-state index is 0.0996. The van der Waals surface area contributed by atoms with Crippen LogP contribution in [0.1, 0.15) is 22.0 Å². The maximum absolute atomic E-state index is 12.2. The highest BCUT2D eigenvalue weighted by Gasteiger charge is 2.16. The van der Waals surface area contributed by atoms with Crippen LogP contribution in [-0.2, 0) is 0 Å². The fourth-order valence-corrected chi connectivity index (χ4v) is 3.71. The third-order valence-electron chi connectivity index (χ3n) is 3.50. The van der Waals surface area contributed by atoms with Crippen LogP contribution in [0.25, 0.3) is 10.1 Å². The van der Waals surface area contributed by atoms with Gasteiger partial charge in [0.05, 0.1) is 16.7 Å². The van der Waals surface area contributed by atoms with E-state index < -0.39 is 6.10 Å². The Morgan fingerprint density at radius 3 is 2.83 bits per heavy atom. The fraction of sp³-hybridized carbons (Fsp3) is 0.118. The minimum atomic E-state index is -0.784. The van der Waals surface area contributed by atoms with E-state index in [4.69, 9.17) is 23.2 Å². The molecule has 0 aliphatic rings. The zero-order valence-electron chi connectivity index (χ0n) is 11.9. The van der Waals surface area contributed by atoms with Gasteiger partial charge >= 0.3 is 0 Å². The van der Waals surface area contributed by atoms with Crippen molar-refractivity contribution in [3.05, 3.63) is 69.0 Å². The van der Waals surface area contributed by atoms with Gasteiger partial charge in [-0.15, -0.1) is 11.3 Å². The van der Waals surface area contributed by atoms with E-state index in [1.54, 1.807) is 23.5 Å². The van der Waals surface area contributed by atoms with Crippen molar-refractivity contribution < 1.29 is 9.90 Å². The van der Waals surface area contributed by atoms with Crippen molar-refractivity contribution in [2.75, 3.05) is 6.54 Å². The van der Waals surface area contributed by atoms with Crippen LogP contribution in [0.2, 0.25) is 10.0 Å². The molecule has 6 heteroatoms. The summed E-state index contributed by atoms with van der Waals surface area (Å²) >= 11 is 13.5. The summed E-state index contributed by atoms with van der Waals surface area (Å²) in [5.41, 5.74) is 1.10. The monoisotopic (exact) mass is 365 g/mol. The lowest BCUT2D eigenvalue weighted by Gasteiger charge is -2.12. The van der Waals surface area contributed by atoms with Crippen LogP contribution in [0.5, 0.6) is 0 Å². The first kappa shape index (κ1) is 16.3. The fourth-order valence-electron chi connectivity index (χ4n) is 2.32. The number of halogens is 2. The number of aliphatic hydroxyl groups is 1. The highest BCUT2D eigenvalue weighted by molar-refractivity contribution is 7.17. The van der Waals surface area contributed by atoms with Gasteiger partial charge in [-0.05, 0) is 35.0 Å². The second-order valence-electron chi connectivity index (χ2n) is 5.04. The third kappa shape index (κ3) is 3.51. The Balaban J connectivity index is 1.72. The number of amides is 1. The van der Waals surface area contributed by atoms with E-state index in [1.165, 1.54) is 6.07 Å². The van der Waals surface area contributed by atoms with Gasteiger partial charge in [0.15, 0.2) is 0 Å². The van der Waals surface area contributed by atoms with Crippen molar-refractivity contribution in [2.45, 2.75) is 6.10 Å². The molecule has 118 valence electrons. The van der Waals surface area contributed by atoms with Gasteiger partial charge in [-0.25, -0.2) is 0 Å². The number of aliphatic hydroxyl groups excluding tert-OH is 1. The molecule has 3 rings (SSSR count). The number of fused-ring (bicyclic) bond motifs is 1. The molecule has 0 fully saturated rings. The molecule has 23 heavy (non-hydrogen) atoms. The molecule has 1 heterocycles. The standard InChI is InChI=1S/C17H13Cl2NO2S/c18-10-5-6-14(19)12(7-10)17(22)20-8-15(21)13-9-23-16-4-2-1-3-11(13)16/h1-7,9,15,21H,8H2,(H,20,22). The maximum atomic E-state index is 12.2. The molecule has 3 aromatic rings. The van der Waals surface area contributed by atoms with Crippen LogP contribution in [0.4, 0.5) is 0 Å². The van der Waals surface area contributed by atoms with Crippen molar-refractivity contribution in [2.24, 2.45) is 0 Å². The van der Waals surface area contributed by atoms with Crippen molar-refractivity contribution in [1.82, 2.24) is 5.32 Å². The number of thiophene rings is 1.